The van der Waals surface area contributed by atoms with Crippen molar-refractivity contribution in [1.82, 2.24) is 5.32 Å². The number of rotatable bonds is 3. The maximum absolute atomic E-state index is 12.5. The zero-order chi connectivity index (χ0) is 18.3. The third kappa shape index (κ3) is 2.90. The average Bonchev–Trinajstić information content (AvgIpc) is 3.08. The van der Waals surface area contributed by atoms with Crippen LogP contribution in [0.5, 0.6) is 11.5 Å². The van der Waals surface area contributed by atoms with Gasteiger partial charge in [0.05, 0.1) is 0 Å². The molecule has 0 fully saturated rings. The lowest BCUT2D eigenvalue weighted by Crippen LogP contribution is -2.23. The Labute approximate surface area is 149 Å². The van der Waals surface area contributed by atoms with E-state index in [4.69, 9.17) is 13.9 Å². The average molecular weight is 351 g/mol. The van der Waals surface area contributed by atoms with E-state index in [1.165, 1.54) is 6.07 Å². The summed E-state index contributed by atoms with van der Waals surface area (Å²) < 4.78 is 15.9. The van der Waals surface area contributed by atoms with E-state index >= 15 is 0 Å². The van der Waals surface area contributed by atoms with Gasteiger partial charge in [-0.3, -0.25) is 4.79 Å². The molecule has 0 saturated heterocycles. The van der Waals surface area contributed by atoms with Gasteiger partial charge in [-0.25, -0.2) is 4.79 Å². The van der Waals surface area contributed by atoms with Gasteiger partial charge in [0.15, 0.2) is 11.5 Å². The van der Waals surface area contributed by atoms with Crippen molar-refractivity contribution in [3.05, 3.63) is 69.1 Å². The largest absolute Gasteiger partial charge is 0.454 e. The number of carbonyl (C=O) groups is 1. The molecule has 1 N–H and O–H groups in total. The van der Waals surface area contributed by atoms with Gasteiger partial charge in [-0.2, -0.15) is 0 Å². The number of hydrogen-bond acceptors (Lipinski definition) is 5. The van der Waals surface area contributed by atoms with Crippen molar-refractivity contribution in [3.8, 4) is 11.5 Å². The van der Waals surface area contributed by atoms with Gasteiger partial charge in [-0.15, -0.1) is 0 Å². The minimum atomic E-state index is -0.434. The summed E-state index contributed by atoms with van der Waals surface area (Å²) in [6.45, 7) is 4.25. The summed E-state index contributed by atoms with van der Waals surface area (Å²) in [4.78, 5) is 24.3. The Morgan fingerprint density at radius 1 is 1.08 bits per heavy atom. The second-order valence-electron chi connectivity index (χ2n) is 6.30. The molecular weight excluding hydrogens is 334 g/mol. The lowest BCUT2D eigenvalue weighted by molar-refractivity contribution is 0.0950. The van der Waals surface area contributed by atoms with Gasteiger partial charge in [-0.1, -0.05) is 6.07 Å². The third-order valence-electron chi connectivity index (χ3n) is 4.33. The standard InChI is InChI=1S/C20H17NO5/c1-11-5-12(2)19-15(6-11)14(8-18(22)26-19)9-21-20(23)13-3-4-16-17(7-13)25-10-24-16/h3-8H,9-10H2,1-2H3,(H,21,23). The lowest BCUT2D eigenvalue weighted by Gasteiger charge is -2.10. The zero-order valence-electron chi connectivity index (χ0n) is 14.4. The molecule has 0 saturated carbocycles. The smallest absolute Gasteiger partial charge is 0.336 e. The molecule has 132 valence electrons. The highest BCUT2D eigenvalue weighted by atomic mass is 16.7. The van der Waals surface area contributed by atoms with Crippen LogP contribution in [0.3, 0.4) is 0 Å². The molecule has 0 aliphatic carbocycles. The lowest BCUT2D eigenvalue weighted by atomic mass is 10.0. The van der Waals surface area contributed by atoms with Gasteiger partial charge < -0.3 is 19.2 Å². The van der Waals surface area contributed by atoms with Gasteiger partial charge >= 0.3 is 5.63 Å². The first-order chi connectivity index (χ1) is 12.5. The van der Waals surface area contributed by atoms with Gasteiger partial charge in [0.25, 0.3) is 5.91 Å². The fraction of sp³-hybridized carbons (Fsp3) is 0.200. The van der Waals surface area contributed by atoms with Crippen molar-refractivity contribution in [2.75, 3.05) is 6.79 Å². The Balaban J connectivity index is 1.61. The SMILES string of the molecule is Cc1cc(C)c2oc(=O)cc(CNC(=O)c3ccc4c(c3)OCO4)c2c1. The molecule has 1 aliphatic heterocycles. The molecule has 0 radical (unpaired) electrons. The molecule has 26 heavy (non-hydrogen) atoms. The van der Waals surface area contributed by atoms with Crippen molar-refractivity contribution in [2.24, 2.45) is 0 Å². The molecule has 3 aromatic rings. The maximum atomic E-state index is 12.5. The molecule has 4 rings (SSSR count). The van der Waals surface area contributed by atoms with Gasteiger partial charge in [0.2, 0.25) is 6.79 Å². The molecule has 2 heterocycles. The number of nitrogens with one attached hydrogen (secondary N) is 1. The Morgan fingerprint density at radius 3 is 2.73 bits per heavy atom. The summed E-state index contributed by atoms with van der Waals surface area (Å²) >= 11 is 0. The number of ether oxygens (including phenoxy) is 2. The van der Waals surface area contributed by atoms with Crippen LogP contribution >= 0.6 is 0 Å². The zero-order valence-corrected chi connectivity index (χ0v) is 14.4. The van der Waals surface area contributed by atoms with E-state index in [1.54, 1.807) is 18.2 Å². The van der Waals surface area contributed by atoms with Crippen LogP contribution in [-0.4, -0.2) is 12.7 Å². The predicted molar refractivity (Wildman–Crippen MR) is 95.7 cm³/mol. The number of benzene rings is 2. The number of aryl methyl sites for hydroxylation is 2. The first-order valence-electron chi connectivity index (χ1n) is 8.23. The molecule has 1 amide bonds. The first kappa shape index (κ1) is 16.2. The van der Waals surface area contributed by atoms with Crippen molar-refractivity contribution in [1.29, 1.82) is 0 Å². The van der Waals surface area contributed by atoms with E-state index in [2.05, 4.69) is 5.32 Å². The molecule has 2 aromatic carbocycles. The van der Waals surface area contributed by atoms with E-state index in [-0.39, 0.29) is 19.2 Å². The second kappa shape index (κ2) is 6.22. The molecule has 0 spiro atoms. The molecule has 0 unspecified atom stereocenters. The minimum Gasteiger partial charge on any atom is -0.454 e. The second-order valence-corrected chi connectivity index (χ2v) is 6.30. The van der Waals surface area contributed by atoms with Crippen molar-refractivity contribution < 1.29 is 18.7 Å². The number of fused-ring (bicyclic) bond motifs is 2. The summed E-state index contributed by atoms with van der Waals surface area (Å²) in [5.74, 6) is 0.919. The first-order valence-corrected chi connectivity index (χ1v) is 8.23. The highest BCUT2D eigenvalue weighted by Gasteiger charge is 2.16. The number of amides is 1. The summed E-state index contributed by atoms with van der Waals surface area (Å²) in [6, 6.07) is 10.4. The third-order valence-corrected chi connectivity index (χ3v) is 4.33. The van der Waals surface area contributed by atoms with Crippen molar-refractivity contribution in [2.45, 2.75) is 20.4 Å². The Hall–Kier alpha value is -3.28. The number of carbonyl (C=O) groups excluding carboxylic acids is 1. The van der Waals surface area contributed by atoms with E-state index in [0.29, 0.717) is 22.6 Å². The van der Waals surface area contributed by atoms with Crippen LogP contribution in [0.25, 0.3) is 11.0 Å². The molecule has 6 nitrogen and oxygen atoms in total. The fourth-order valence-electron chi connectivity index (χ4n) is 3.14. The summed E-state index contributed by atoms with van der Waals surface area (Å²) in [5, 5.41) is 3.68. The predicted octanol–water partition coefficient (Wildman–Crippen LogP) is 3.07. The molecular formula is C20H17NO5. The Kier molecular flexibility index (Phi) is 3.88. The topological polar surface area (TPSA) is 77.8 Å². The fourth-order valence-corrected chi connectivity index (χ4v) is 3.14. The highest BCUT2D eigenvalue weighted by molar-refractivity contribution is 5.95. The van der Waals surface area contributed by atoms with Crippen LogP contribution in [0.1, 0.15) is 27.0 Å². The van der Waals surface area contributed by atoms with Crippen LogP contribution < -0.4 is 20.4 Å². The summed E-state index contributed by atoms with van der Waals surface area (Å²) in [5.41, 5.74) is 3.26. The Morgan fingerprint density at radius 2 is 1.88 bits per heavy atom. The van der Waals surface area contributed by atoms with E-state index in [9.17, 15) is 9.59 Å². The van der Waals surface area contributed by atoms with E-state index < -0.39 is 5.63 Å². The maximum Gasteiger partial charge on any atom is 0.336 e. The summed E-state index contributed by atoms with van der Waals surface area (Å²) in [7, 11) is 0. The van der Waals surface area contributed by atoms with Crippen LogP contribution in [0, 0.1) is 13.8 Å². The summed E-state index contributed by atoms with van der Waals surface area (Å²) in [6.07, 6.45) is 0. The molecule has 1 aliphatic rings. The highest BCUT2D eigenvalue weighted by Crippen LogP contribution is 2.32. The van der Waals surface area contributed by atoms with Crippen LogP contribution in [0.4, 0.5) is 0 Å². The van der Waals surface area contributed by atoms with Crippen LogP contribution in [0.15, 0.2) is 45.6 Å². The van der Waals surface area contributed by atoms with E-state index in [1.807, 2.05) is 26.0 Å². The molecule has 6 heteroatoms. The molecule has 0 bridgehead atoms. The normalized spacial score (nSPS) is 12.4. The van der Waals surface area contributed by atoms with Crippen molar-refractivity contribution in [3.63, 3.8) is 0 Å². The van der Waals surface area contributed by atoms with Crippen LogP contribution in [-0.2, 0) is 6.54 Å². The van der Waals surface area contributed by atoms with Crippen molar-refractivity contribution >= 4 is 16.9 Å². The molecule has 1 aromatic heterocycles. The van der Waals surface area contributed by atoms with Crippen LogP contribution in [0.2, 0.25) is 0 Å². The van der Waals surface area contributed by atoms with Gasteiger partial charge in [0, 0.05) is 23.6 Å². The van der Waals surface area contributed by atoms with E-state index in [0.717, 1.165) is 22.1 Å². The monoisotopic (exact) mass is 351 g/mol. The Bertz CT molecular complexity index is 1080. The molecule has 0 atom stereocenters. The van der Waals surface area contributed by atoms with Gasteiger partial charge in [-0.05, 0) is 54.8 Å². The quantitative estimate of drug-likeness (QED) is 0.734. The minimum absolute atomic E-state index is 0.158. The number of hydrogen-bond donors (Lipinski definition) is 1. The van der Waals surface area contributed by atoms with Gasteiger partial charge in [0.1, 0.15) is 5.58 Å².